The lowest BCUT2D eigenvalue weighted by Gasteiger charge is -2.13. The number of nitrogens with one attached hydrogen (secondary N) is 2. The number of anilines is 2. The zero-order valence-corrected chi connectivity index (χ0v) is 15.5. The van der Waals surface area contributed by atoms with Crippen molar-refractivity contribution in [2.24, 2.45) is 0 Å². The van der Waals surface area contributed by atoms with Crippen LogP contribution in [0.5, 0.6) is 5.75 Å². The van der Waals surface area contributed by atoms with Gasteiger partial charge in [0, 0.05) is 24.2 Å². The molecule has 0 saturated carbocycles. The van der Waals surface area contributed by atoms with E-state index in [0.717, 1.165) is 30.7 Å². The van der Waals surface area contributed by atoms with E-state index in [2.05, 4.69) is 20.6 Å². The van der Waals surface area contributed by atoms with Crippen LogP contribution in [0.3, 0.4) is 0 Å². The van der Waals surface area contributed by atoms with Crippen LogP contribution in [-0.4, -0.2) is 42.2 Å². The molecule has 2 aromatic rings. The Morgan fingerprint density at radius 1 is 1.38 bits per heavy atom. The van der Waals surface area contributed by atoms with Crippen molar-refractivity contribution in [3.05, 3.63) is 40.8 Å². The van der Waals surface area contributed by atoms with Crippen molar-refractivity contribution in [1.29, 1.82) is 0 Å². The van der Waals surface area contributed by atoms with Crippen molar-refractivity contribution in [1.82, 2.24) is 15.3 Å². The number of ether oxygens (including phenoxy) is 2. The Bertz CT molecular complexity index is 777. The van der Waals surface area contributed by atoms with Crippen molar-refractivity contribution in [3.8, 4) is 5.75 Å². The minimum Gasteiger partial charge on any atom is -0.495 e. The van der Waals surface area contributed by atoms with Gasteiger partial charge in [0.05, 0.1) is 31.3 Å². The molecule has 1 atom stereocenters. The number of aromatic nitrogens is 2. The monoisotopic (exact) mass is 376 g/mol. The molecule has 1 aromatic carbocycles. The number of carbonyl (C=O) groups excluding carboxylic acids is 1. The van der Waals surface area contributed by atoms with Crippen molar-refractivity contribution in [3.63, 3.8) is 0 Å². The molecule has 0 radical (unpaired) electrons. The molecule has 0 spiro atoms. The minimum absolute atomic E-state index is 0.0912. The smallest absolute Gasteiger partial charge is 0.271 e. The summed E-state index contributed by atoms with van der Waals surface area (Å²) in [4.78, 5) is 20.5. The van der Waals surface area contributed by atoms with Crippen LogP contribution in [0.2, 0.25) is 5.02 Å². The van der Waals surface area contributed by atoms with Crippen LogP contribution in [0.1, 0.15) is 28.9 Å². The van der Waals surface area contributed by atoms with Gasteiger partial charge in [-0.15, -0.1) is 0 Å². The van der Waals surface area contributed by atoms with E-state index in [1.807, 2.05) is 13.0 Å². The van der Waals surface area contributed by atoms with E-state index >= 15 is 0 Å². The van der Waals surface area contributed by atoms with Crippen LogP contribution >= 0.6 is 11.6 Å². The first kappa shape index (κ1) is 18.4. The zero-order valence-electron chi connectivity index (χ0n) is 14.7. The summed E-state index contributed by atoms with van der Waals surface area (Å²) in [5.41, 5.74) is 1.89. The number of amides is 1. The lowest BCUT2D eigenvalue weighted by Crippen LogP contribution is -2.32. The average Bonchev–Trinajstić information content (AvgIpc) is 3.17. The van der Waals surface area contributed by atoms with Crippen molar-refractivity contribution >= 4 is 29.0 Å². The maximum atomic E-state index is 12.1. The zero-order chi connectivity index (χ0) is 18.5. The molecule has 0 bridgehead atoms. The number of rotatable bonds is 6. The van der Waals surface area contributed by atoms with E-state index in [1.54, 1.807) is 13.2 Å². The molecular weight excluding hydrogens is 356 g/mol. The van der Waals surface area contributed by atoms with Gasteiger partial charge in [0.2, 0.25) is 0 Å². The van der Waals surface area contributed by atoms with Crippen LogP contribution in [0.15, 0.2) is 24.5 Å². The number of carbonyl (C=O) groups is 1. The Morgan fingerprint density at radius 3 is 2.88 bits per heavy atom. The molecule has 8 heteroatoms. The summed E-state index contributed by atoms with van der Waals surface area (Å²) < 4.78 is 10.8. The lowest BCUT2D eigenvalue weighted by atomic mass is 10.2. The number of benzene rings is 1. The fourth-order valence-electron chi connectivity index (χ4n) is 2.68. The van der Waals surface area contributed by atoms with Gasteiger partial charge >= 0.3 is 0 Å². The SMILES string of the molecule is COc1cc(Cl)c(C)cc1Nc1cnc(C(=O)NCC2CCCO2)cn1. The van der Waals surface area contributed by atoms with Gasteiger partial charge in [0.1, 0.15) is 17.3 Å². The van der Waals surface area contributed by atoms with Gasteiger partial charge in [-0.3, -0.25) is 4.79 Å². The van der Waals surface area contributed by atoms with Gasteiger partial charge in [-0.05, 0) is 31.4 Å². The second-order valence-electron chi connectivity index (χ2n) is 6.06. The number of hydrogen-bond acceptors (Lipinski definition) is 6. The van der Waals surface area contributed by atoms with Crippen LogP contribution in [-0.2, 0) is 4.74 Å². The van der Waals surface area contributed by atoms with Crippen molar-refractivity contribution in [2.45, 2.75) is 25.9 Å². The molecule has 2 heterocycles. The van der Waals surface area contributed by atoms with E-state index in [1.165, 1.54) is 12.4 Å². The quantitative estimate of drug-likeness (QED) is 0.805. The Balaban J connectivity index is 1.64. The van der Waals surface area contributed by atoms with Gasteiger partial charge in [-0.2, -0.15) is 0 Å². The highest BCUT2D eigenvalue weighted by Gasteiger charge is 2.17. The third-order valence-electron chi connectivity index (χ3n) is 4.14. The van der Waals surface area contributed by atoms with E-state index in [4.69, 9.17) is 21.1 Å². The maximum absolute atomic E-state index is 12.1. The van der Waals surface area contributed by atoms with Crippen LogP contribution in [0.4, 0.5) is 11.5 Å². The maximum Gasteiger partial charge on any atom is 0.271 e. The van der Waals surface area contributed by atoms with Crippen LogP contribution < -0.4 is 15.4 Å². The summed E-state index contributed by atoms with van der Waals surface area (Å²) >= 11 is 6.11. The summed E-state index contributed by atoms with van der Waals surface area (Å²) in [6, 6.07) is 3.60. The van der Waals surface area contributed by atoms with Crippen molar-refractivity contribution < 1.29 is 14.3 Å². The summed E-state index contributed by atoms with van der Waals surface area (Å²) in [5, 5.41) is 6.57. The number of hydrogen-bond donors (Lipinski definition) is 2. The average molecular weight is 377 g/mol. The highest BCUT2D eigenvalue weighted by molar-refractivity contribution is 6.31. The first-order chi connectivity index (χ1) is 12.6. The number of methoxy groups -OCH3 is 1. The highest BCUT2D eigenvalue weighted by atomic mass is 35.5. The molecule has 1 unspecified atom stereocenters. The normalized spacial score (nSPS) is 16.3. The van der Waals surface area contributed by atoms with Crippen LogP contribution in [0, 0.1) is 6.92 Å². The molecule has 1 amide bonds. The fourth-order valence-corrected chi connectivity index (χ4v) is 2.83. The van der Waals surface area contributed by atoms with Gasteiger partial charge in [-0.25, -0.2) is 9.97 Å². The second-order valence-corrected chi connectivity index (χ2v) is 6.47. The topological polar surface area (TPSA) is 85.4 Å². The Morgan fingerprint density at radius 2 is 2.23 bits per heavy atom. The predicted molar refractivity (Wildman–Crippen MR) is 99.4 cm³/mol. The largest absolute Gasteiger partial charge is 0.495 e. The number of aryl methyl sites for hydroxylation is 1. The molecule has 1 aliphatic rings. The van der Waals surface area contributed by atoms with Gasteiger partial charge in [-0.1, -0.05) is 11.6 Å². The fraction of sp³-hybridized carbons (Fsp3) is 0.389. The first-order valence-electron chi connectivity index (χ1n) is 8.40. The van der Waals surface area contributed by atoms with Gasteiger partial charge < -0.3 is 20.1 Å². The van der Waals surface area contributed by atoms with Gasteiger partial charge in [0.15, 0.2) is 0 Å². The molecule has 1 aromatic heterocycles. The van der Waals surface area contributed by atoms with E-state index in [9.17, 15) is 4.79 Å². The highest BCUT2D eigenvalue weighted by Crippen LogP contribution is 2.32. The molecular formula is C18H21ClN4O3. The molecule has 2 N–H and O–H groups in total. The van der Waals surface area contributed by atoms with Gasteiger partial charge in [0.25, 0.3) is 5.91 Å². The van der Waals surface area contributed by atoms with E-state index in [0.29, 0.717) is 23.1 Å². The lowest BCUT2D eigenvalue weighted by molar-refractivity contribution is 0.0853. The summed E-state index contributed by atoms with van der Waals surface area (Å²) in [7, 11) is 1.57. The molecule has 1 aliphatic heterocycles. The summed E-state index contributed by atoms with van der Waals surface area (Å²) in [5.74, 6) is 0.834. The first-order valence-corrected chi connectivity index (χ1v) is 8.77. The third kappa shape index (κ3) is 4.42. The number of nitrogens with zero attached hydrogens (tertiary/aromatic N) is 2. The molecule has 1 fully saturated rings. The summed E-state index contributed by atoms with van der Waals surface area (Å²) in [6.07, 6.45) is 5.03. The van der Waals surface area contributed by atoms with E-state index < -0.39 is 0 Å². The minimum atomic E-state index is -0.264. The third-order valence-corrected chi connectivity index (χ3v) is 4.55. The molecule has 26 heavy (non-hydrogen) atoms. The Kier molecular flexibility index (Phi) is 5.90. The standard InChI is InChI=1S/C18H21ClN4O3/c1-11-6-14(16(25-2)7-13(11)19)23-17-10-20-15(9-21-17)18(24)22-8-12-4-3-5-26-12/h6-7,9-10,12H,3-5,8H2,1-2H3,(H,21,23)(H,22,24). The van der Waals surface area contributed by atoms with E-state index in [-0.39, 0.29) is 17.7 Å². The number of halogens is 1. The Labute approximate surface area is 157 Å². The van der Waals surface area contributed by atoms with Crippen LogP contribution in [0.25, 0.3) is 0 Å². The second kappa shape index (κ2) is 8.33. The molecule has 138 valence electrons. The van der Waals surface area contributed by atoms with Crippen molar-refractivity contribution in [2.75, 3.05) is 25.6 Å². The Hall–Kier alpha value is -2.38. The molecule has 0 aliphatic carbocycles. The molecule has 7 nitrogen and oxygen atoms in total. The molecule has 1 saturated heterocycles. The molecule has 3 rings (SSSR count). The summed E-state index contributed by atoms with van der Waals surface area (Å²) in [6.45, 7) is 3.15. The predicted octanol–water partition coefficient (Wildman–Crippen LogP) is 3.10.